The molecule has 4 nitrogen and oxygen atoms in total. The number of anilines is 1. The summed E-state index contributed by atoms with van der Waals surface area (Å²) in [7, 11) is 0. The third kappa shape index (κ3) is 2.26. The Kier molecular flexibility index (Phi) is 2.86. The topological polar surface area (TPSA) is 63.8 Å². The Morgan fingerprint density at radius 3 is 2.80 bits per heavy atom. The highest BCUT2D eigenvalue weighted by Crippen LogP contribution is 2.27. The molecular formula is C9H9ClN4S. The highest BCUT2D eigenvalue weighted by atomic mass is 35.5. The lowest BCUT2D eigenvalue weighted by atomic mass is 10.4. The van der Waals surface area contributed by atoms with Crippen LogP contribution in [0.1, 0.15) is 5.69 Å². The summed E-state index contributed by atoms with van der Waals surface area (Å²) in [6, 6.07) is 3.61. The monoisotopic (exact) mass is 240 g/mol. The molecule has 0 aliphatic carbocycles. The number of halogens is 1. The lowest BCUT2D eigenvalue weighted by Gasteiger charge is -2.02. The van der Waals surface area contributed by atoms with E-state index in [1.54, 1.807) is 6.07 Å². The number of nitrogens with two attached hydrogens (primary N) is 1. The van der Waals surface area contributed by atoms with Crippen LogP contribution >= 0.6 is 22.9 Å². The number of aryl methyl sites for hydroxylation is 1. The van der Waals surface area contributed by atoms with E-state index in [0.29, 0.717) is 16.7 Å². The summed E-state index contributed by atoms with van der Waals surface area (Å²) in [4.78, 5) is 9.48. The van der Waals surface area contributed by atoms with E-state index in [1.165, 1.54) is 11.3 Å². The van der Waals surface area contributed by atoms with E-state index in [-0.39, 0.29) is 0 Å². The van der Waals surface area contributed by atoms with Gasteiger partial charge in [-0.1, -0.05) is 11.6 Å². The molecule has 2 aromatic rings. The van der Waals surface area contributed by atoms with Crippen molar-refractivity contribution < 1.29 is 0 Å². The number of thiophene rings is 1. The van der Waals surface area contributed by atoms with E-state index >= 15 is 0 Å². The molecule has 0 fully saturated rings. The lowest BCUT2D eigenvalue weighted by Crippen LogP contribution is -2.09. The van der Waals surface area contributed by atoms with Gasteiger partial charge in [0.05, 0.1) is 9.90 Å². The second-order valence-corrected chi connectivity index (χ2v) is 4.34. The van der Waals surface area contributed by atoms with Crippen molar-refractivity contribution in [2.24, 2.45) is 5.84 Å². The van der Waals surface area contributed by atoms with Crippen molar-refractivity contribution in [3.05, 3.63) is 28.2 Å². The fourth-order valence-corrected chi connectivity index (χ4v) is 2.19. The highest BCUT2D eigenvalue weighted by Gasteiger charge is 2.06. The minimum atomic E-state index is 0.599. The van der Waals surface area contributed by atoms with Gasteiger partial charge >= 0.3 is 0 Å². The van der Waals surface area contributed by atoms with Crippen LogP contribution in [-0.2, 0) is 0 Å². The molecule has 3 N–H and O–H groups in total. The standard InChI is InChI=1S/C9H9ClN4S/c1-5-2-8(14-11)13-9(12-5)7-3-6(10)4-15-7/h2-4H,11H2,1H3,(H,12,13,14). The molecule has 0 spiro atoms. The molecule has 0 saturated carbocycles. The Bertz CT molecular complexity index is 483. The number of nitrogens with one attached hydrogen (secondary N) is 1. The quantitative estimate of drug-likeness (QED) is 0.625. The first-order valence-corrected chi connectivity index (χ1v) is 5.51. The SMILES string of the molecule is Cc1cc(NN)nc(-c2cc(Cl)cs2)n1. The van der Waals surface area contributed by atoms with E-state index < -0.39 is 0 Å². The number of hydrazine groups is 1. The summed E-state index contributed by atoms with van der Waals surface area (Å²) in [6.07, 6.45) is 0. The van der Waals surface area contributed by atoms with E-state index in [1.807, 2.05) is 18.4 Å². The van der Waals surface area contributed by atoms with Crippen molar-refractivity contribution in [3.8, 4) is 10.7 Å². The molecule has 2 heterocycles. The Labute approximate surface area is 96.1 Å². The second kappa shape index (κ2) is 4.14. The Balaban J connectivity index is 2.48. The van der Waals surface area contributed by atoms with Crippen LogP contribution in [0.2, 0.25) is 5.02 Å². The number of aromatic nitrogens is 2. The van der Waals surface area contributed by atoms with Crippen molar-refractivity contribution >= 4 is 28.8 Å². The molecule has 0 unspecified atom stereocenters. The van der Waals surface area contributed by atoms with Gasteiger partial charge < -0.3 is 5.43 Å². The molecule has 0 bridgehead atoms. The first-order valence-electron chi connectivity index (χ1n) is 4.26. The number of rotatable bonds is 2. The van der Waals surface area contributed by atoms with E-state index in [9.17, 15) is 0 Å². The number of hydrogen-bond donors (Lipinski definition) is 2. The zero-order chi connectivity index (χ0) is 10.8. The first kappa shape index (κ1) is 10.4. The highest BCUT2D eigenvalue weighted by molar-refractivity contribution is 7.14. The molecule has 0 radical (unpaired) electrons. The van der Waals surface area contributed by atoms with Gasteiger partial charge in [0.15, 0.2) is 5.82 Å². The molecule has 2 aromatic heterocycles. The third-order valence-corrected chi connectivity index (χ3v) is 3.06. The molecule has 15 heavy (non-hydrogen) atoms. The van der Waals surface area contributed by atoms with Crippen LogP contribution in [0.3, 0.4) is 0 Å². The maximum absolute atomic E-state index is 5.84. The molecule has 78 valence electrons. The van der Waals surface area contributed by atoms with Crippen molar-refractivity contribution in [3.63, 3.8) is 0 Å². The van der Waals surface area contributed by atoms with Crippen molar-refractivity contribution in [2.75, 3.05) is 5.43 Å². The summed E-state index contributed by atoms with van der Waals surface area (Å²) in [5, 5.41) is 2.54. The average molecular weight is 241 g/mol. The van der Waals surface area contributed by atoms with Crippen LogP contribution in [0.15, 0.2) is 17.5 Å². The molecule has 0 aliphatic heterocycles. The summed E-state index contributed by atoms with van der Waals surface area (Å²) in [5.41, 5.74) is 3.36. The van der Waals surface area contributed by atoms with Gasteiger partial charge in [0, 0.05) is 17.1 Å². The summed E-state index contributed by atoms with van der Waals surface area (Å²) < 4.78 is 0. The molecule has 0 atom stereocenters. The van der Waals surface area contributed by atoms with Crippen molar-refractivity contribution in [1.82, 2.24) is 9.97 Å². The molecule has 0 aliphatic rings. The molecule has 6 heteroatoms. The Hall–Kier alpha value is -1.17. The summed E-state index contributed by atoms with van der Waals surface area (Å²) >= 11 is 7.34. The van der Waals surface area contributed by atoms with Gasteiger partial charge in [-0.3, -0.25) is 0 Å². The van der Waals surface area contributed by atoms with Crippen molar-refractivity contribution in [1.29, 1.82) is 0 Å². The Morgan fingerprint density at radius 1 is 1.40 bits per heavy atom. The minimum Gasteiger partial charge on any atom is -0.308 e. The smallest absolute Gasteiger partial charge is 0.171 e. The van der Waals surface area contributed by atoms with Gasteiger partial charge in [0.25, 0.3) is 0 Å². The fourth-order valence-electron chi connectivity index (χ4n) is 1.18. The van der Waals surface area contributed by atoms with E-state index in [4.69, 9.17) is 17.4 Å². The van der Waals surface area contributed by atoms with Gasteiger partial charge in [0.1, 0.15) is 5.82 Å². The fraction of sp³-hybridized carbons (Fsp3) is 0.111. The van der Waals surface area contributed by atoms with Gasteiger partial charge in [0.2, 0.25) is 0 Å². The summed E-state index contributed by atoms with van der Waals surface area (Å²) in [5.74, 6) is 6.55. The maximum Gasteiger partial charge on any atom is 0.171 e. The zero-order valence-corrected chi connectivity index (χ0v) is 9.56. The largest absolute Gasteiger partial charge is 0.308 e. The van der Waals surface area contributed by atoms with Crippen LogP contribution in [0.5, 0.6) is 0 Å². The number of nitrogens with zero attached hydrogens (tertiary/aromatic N) is 2. The molecule has 0 aromatic carbocycles. The Morgan fingerprint density at radius 2 is 2.20 bits per heavy atom. The van der Waals surface area contributed by atoms with Gasteiger partial charge in [-0.15, -0.1) is 11.3 Å². The van der Waals surface area contributed by atoms with Gasteiger partial charge in [-0.25, -0.2) is 15.8 Å². The molecule has 0 amide bonds. The average Bonchev–Trinajstić information content (AvgIpc) is 2.64. The lowest BCUT2D eigenvalue weighted by molar-refractivity contribution is 1.10. The predicted molar refractivity (Wildman–Crippen MR) is 62.9 cm³/mol. The van der Waals surface area contributed by atoms with Gasteiger partial charge in [-0.05, 0) is 13.0 Å². The van der Waals surface area contributed by atoms with Crippen LogP contribution in [-0.4, -0.2) is 9.97 Å². The number of hydrogen-bond acceptors (Lipinski definition) is 5. The van der Waals surface area contributed by atoms with Crippen LogP contribution in [0.4, 0.5) is 5.82 Å². The van der Waals surface area contributed by atoms with Crippen LogP contribution < -0.4 is 11.3 Å². The third-order valence-electron chi connectivity index (χ3n) is 1.79. The minimum absolute atomic E-state index is 0.599. The predicted octanol–water partition coefficient (Wildman–Crippen LogP) is 2.45. The normalized spacial score (nSPS) is 10.3. The van der Waals surface area contributed by atoms with E-state index in [0.717, 1.165) is 10.6 Å². The summed E-state index contributed by atoms with van der Waals surface area (Å²) in [6.45, 7) is 1.89. The molecule has 2 rings (SSSR count). The molecular weight excluding hydrogens is 232 g/mol. The van der Waals surface area contributed by atoms with E-state index in [2.05, 4.69) is 15.4 Å². The maximum atomic E-state index is 5.84. The zero-order valence-electron chi connectivity index (χ0n) is 7.99. The second-order valence-electron chi connectivity index (χ2n) is 2.99. The van der Waals surface area contributed by atoms with Crippen molar-refractivity contribution in [2.45, 2.75) is 6.92 Å². The number of nitrogen functional groups attached to an aromatic ring is 1. The van der Waals surface area contributed by atoms with Crippen LogP contribution in [0.25, 0.3) is 10.7 Å². The van der Waals surface area contributed by atoms with Gasteiger partial charge in [-0.2, -0.15) is 0 Å². The molecule has 0 saturated heterocycles. The van der Waals surface area contributed by atoms with Crippen LogP contribution in [0, 0.1) is 6.92 Å². The first-order chi connectivity index (χ1) is 7.19.